The van der Waals surface area contributed by atoms with E-state index < -0.39 is 0 Å². The van der Waals surface area contributed by atoms with Crippen molar-refractivity contribution in [2.24, 2.45) is 16.1 Å². The van der Waals surface area contributed by atoms with Gasteiger partial charge in [-0.15, -0.1) is 0 Å². The van der Waals surface area contributed by atoms with Crippen molar-refractivity contribution in [1.29, 1.82) is 0 Å². The fourth-order valence-electron chi connectivity index (χ4n) is 2.26. The molecule has 1 aromatic rings. The zero-order valence-corrected chi connectivity index (χ0v) is 13.8. The second kappa shape index (κ2) is 8.09. The second-order valence-corrected chi connectivity index (χ2v) is 5.22. The van der Waals surface area contributed by atoms with E-state index in [-0.39, 0.29) is 24.2 Å². The molecule has 24 heavy (non-hydrogen) atoms. The molecule has 0 fully saturated rings. The maximum Gasteiger partial charge on any atom is 0.248 e. The number of nitrogens with one attached hydrogen (secondary N) is 2. The van der Waals surface area contributed by atoms with Crippen molar-refractivity contribution in [3.05, 3.63) is 23.8 Å². The fourth-order valence-corrected chi connectivity index (χ4v) is 2.26. The van der Waals surface area contributed by atoms with Gasteiger partial charge in [-0.2, -0.15) is 10.2 Å². The molecule has 8 heteroatoms. The normalized spacial score (nSPS) is 16.7. The second-order valence-electron chi connectivity index (χ2n) is 5.22. The van der Waals surface area contributed by atoms with Crippen molar-refractivity contribution in [2.75, 3.05) is 14.2 Å². The van der Waals surface area contributed by atoms with Gasteiger partial charge in [-0.3, -0.25) is 9.59 Å². The van der Waals surface area contributed by atoms with Crippen molar-refractivity contribution in [1.82, 2.24) is 10.9 Å². The number of carbonyl (C=O) groups excluding carboxylic acids is 2. The number of benzene rings is 1. The largest absolute Gasteiger partial charge is 0.497 e. The summed E-state index contributed by atoms with van der Waals surface area (Å²) in [4.78, 5) is 23.3. The molecule has 1 aromatic carbocycles. The number of amides is 2. The van der Waals surface area contributed by atoms with Gasteiger partial charge >= 0.3 is 0 Å². The molecule has 0 radical (unpaired) electrons. The number of ether oxygens (including phenoxy) is 2. The Morgan fingerprint density at radius 2 is 2.21 bits per heavy atom. The van der Waals surface area contributed by atoms with Gasteiger partial charge < -0.3 is 9.47 Å². The van der Waals surface area contributed by atoms with Crippen LogP contribution in [0.25, 0.3) is 0 Å². The van der Waals surface area contributed by atoms with Crippen molar-refractivity contribution in [3.63, 3.8) is 0 Å². The topological polar surface area (TPSA) is 101 Å². The molecule has 8 nitrogen and oxygen atoms in total. The average Bonchev–Trinajstić information content (AvgIpc) is 2.91. The number of nitrogens with zero attached hydrogens (tertiary/aromatic N) is 2. The Labute approximate surface area is 139 Å². The average molecular weight is 332 g/mol. The van der Waals surface area contributed by atoms with Crippen LogP contribution in [0.3, 0.4) is 0 Å². The number of hydrogen-bond donors (Lipinski definition) is 2. The zero-order chi connectivity index (χ0) is 17.5. The highest BCUT2D eigenvalue weighted by molar-refractivity contribution is 6.07. The van der Waals surface area contributed by atoms with E-state index >= 15 is 0 Å². The van der Waals surface area contributed by atoms with Gasteiger partial charge in [0.05, 0.1) is 26.4 Å². The lowest BCUT2D eigenvalue weighted by Crippen LogP contribution is -2.25. The van der Waals surface area contributed by atoms with Crippen LogP contribution in [0.1, 0.15) is 25.3 Å². The molecule has 128 valence electrons. The van der Waals surface area contributed by atoms with Gasteiger partial charge in [0.15, 0.2) is 0 Å². The summed E-state index contributed by atoms with van der Waals surface area (Å²) in [5.41, 5.74) is 6.23. The minimum absolute atomic E-state index is 0.174. The number of hydrazone groups is 2. The quantitative estimate of drug-likeness (QED) is 0.576. The molecular formula is C16H20N4O4. The minimum Gasteiger partial charge on any atom is -0.497 e. The third kappa shape index (κ3) is 4.31. The predicted octanol–water partition coefficient (Wildman–Crippen LogP) is 1.06. The summed E-state index contributed by atoms with van der Waals surface area (Å²) in [5, 5.41) is 7.76. The first-order valence-corrected chi connectivity index (χ1v) is 7.43. The van der Waals surface area contributed by atoms with Crippen LogP contribution >= 0.6 is 0 Å². The fraction of sp³-hybridized carbons (Fsp3) is 0.375. The van der Waals surface area contributed by atoms with Crippen LogP contribution in [-0.4, -0.2) is 38.0 Å². The van der Waals surface area contributed by atoms with Crippen LogP contribution in [0.4, 0.5) is 0 Å². The molecule has 1 aliphatic rings. The number of hydrogen-bond acceptors (Lipinski definition) is 6. The van der Waals surface area contributed by atoms with Gasteiger partial charge in [0.2, 0.25) is 11.8 Å². The summed E-state index contributed by atoms with van der Waals surface area (Å²) < 4.78 is 10.4. The van der Waals surface area contributed by atoms with Gasteiger partial charge in [0.25, 0.3) is 0 Å². The molecule has 0 saturated carbocycles. The van der Waals surface area contributed by atoms with E-state index in [2.05, 4.69) is 21.1 Å². The summed E-state index contributed by atoms with van der Waals surface area (Å²) >= 11 is 0. The molecule has 0 spiro atoms. The van der Waals surface area contributed by atoms with E-state index in [0.717, 1.165) is 0 Å². The zero-order valence-electron chi connectivity index (χ0n) is 13.8. The molecule has 1 atom stereocenters. The number of rotatable bonds is 7. The molecular weight excluding hydrogens is 312 g/mol. The van der Waals surface area contributed by atoms with Crippen LogP contribution in [0.15, 0.2) is 28.4 Å². The summed E-state index contributed by atoms with van der Waals surface area (Å²) in [7, 11) is 3.11. The molecule has 2 rings (SSSR count). The highest BCUT2D eigenvalue weighted by Crippen LogP contribution is 2.23. The molecule has 2 N–H and O–H groups in total. The Balaban J connectivity index is 1.86. The lowest BCUT2D eigenvalue weighted by molar-refractivity contribution is -0.123. The van der Waals surface area contributed by atoms with E-state index in [9.17, 15) is 9.59 Å². The van der Waals surface area contributed by atoms with Crippen molar-refractivity contribution >= 4 is 23.7 Å². The highest BCUT2D eigenvalue weighted by atomic mass is 16.5. The maximum atomic E-state index is 11.8. The number of carbonyl (C=O) groups is 2. The van der Waals surface area contributed by atoms with Crippen molar-refractivity contribution in [2.45, 2.75) is 19.8 Å². The van der Waals surface area contributed by atoms with E-state index in [4.69, 9.17) is 9.47 Å². The SMILES string of the molecule is COc1ccc(/C=N/NC(=O)CC[C@@H]2C(=O)NN=C2C)c(OC)c1. The summed E-state index contributed by atoms with van der Waals surface area (Å²) in [5.74, 6) is 0.459. The maximum absolute atomic E-state index is 11.8. The van der Waals surface area contributed by atoms with E-state index in [1.165, 1.54) is 6.21 Å². The summed E-state index contributed by atoms with van der Waals surface area (Å²) in [6.07, 6.45) is 2.07. The van der Waals surface area contributed by atoms with Crippen LogP contribution in [-0.2, 0) is 9.59 Å². The molecule has 0 aliphatic carbocycles. The predicted molar refractivity (Wildman–Crippen MR) is 89.3 cm³/mol. The summed E-state index contributed by atoms with van der Waals surface area (Å²) in [6, 6.07) is 5.27. The lowest BCUT2D eigenvalue weighted by Gasteiger charge is -2.07. The third-order valence-electron chi connectivity index (χ3n) is 3.66. The van der Waals surface area contributed by atoms with Gasteiger partial charge in [-0.05, 0) is 25.5 Å². The first-order valence-electron chi connectivity index (χ1n) is 7.43. The monoisotopic (exact) mass is 332 g/mol. The third-order valence-corrected chi connectivity index (χ3v) is 3.66. The van der Waals surface area contributed by atoms with Crippen LogP contribution in [0, 0.1) is 5.92 Å². The van der Waals surface area contributed by atoms with E-state index in [0.29, 0.717) is 29.2 Å². The van der Waals surface area contributed by atoms with Crippen molar-refractivity contribution < 1.29 is 19.1 Å². The molecule has 1 heterocycles. The molecule has 2 amide bonds. The van der Waals surface area contributed by atoms with Crippen molar-refractivity contribution in [3.8, 4) is 11.5 Å². The smallest absolute Gasteiger partial charge is 0.248 e. The Morgan fingerprint density at radius 3 is 2.83 bits per heavy atom. The van der Waals surface area contributed by atoms with Gasteiger partial charge in [-0.25, -0.2) is 10.9 Å². The highest BCUT2D eigenvalue weighted by Gasteiger charge is 2.26. The Kier molecular flexibility index (Phi) is 5.89. The van der Waals surface area contributed by atoms with Crippen LogP contribution in [0.5, 0.6) is 11.5 Å². The molecule has 1 aliphatic heterocycles. The van der Waals surface area contributed by atoms with Crippen LogP contribution in [0.2, 0.25) is 0 Å². The minimum atomic E-state index is -0.346. The molecule has 0 unspecified atom stereocenters. The Morgan fingerprint density at radius 1 is 1.42 bits per heavy atom. The van der Waals surface area contributed by atoms with Crippen LogP contribution < -0.4 is 20.3 Å². The van der Waals surface area contributed by atoms with Gasteiger partial charge in [0, 0.05) is 23.8 Å². The van der Waals surface area contributed by atoms with E-state index in [1.807, 2.05) is 0 Å². The lowest BCUT2D eigenvalue weighted by atomic mass is 9.99. The first kappa shape index (κ1) is 17.5. The number of methoxy groups -OCH3 is 2. The molecule has 0 bridgehead atoms. The molecule has 0 saturated heterocycles. The summed E-state index contributed by atoms with van der Waals surface area (Å²) in [6.45, 7) is 1.76. The Bertz CT molecular complexity index is 685. The standard InChI is InChI=1S/C16H20N4O4/c1-10-13(16(22)20-18-10)6-7-15(21)19-17-9-11-4-5-12(23-2)8-14(11)24-3/h4-5,8-9,13H,6-7H2,1-3H3,(H,19,21)(H,20,22)/b17-9+/t13-/m0/s1. The van der Waals surface area contributed by atoms with Gasteiger partial charge in [-0.1, -0.05) is 0 Å². The van der Waals surface area contributed by atoms with E-state index in [1.54, 1.807) is 39.3 Å². The Hall–Kier alpha value is -2.90. The van der Waals surface area contributed by atoms with Gasteiger partial charge in [0.1, 0.15) is 11.5 Å². The first-order chi connectivity index (χ1) is 11.5. The molecule has 0 aromatic heterocycles.